The highest BCUT2D eigenvalue weighted by atomic mass is 16.8. The molecule has 7 fully saturated rings. The van der Waals surface area contributed by atoms with E-state index in [1.165, 1.54) is 0 Å². The first-order valence-corrected chi connectivity index (χ1v) is 25.5. The van der Waals surface area contributed by atoms with Gasteiger partial charge in [0.05, 0.1) is 55.6 Å². The van der Waals surface area contributed by atoms with E-state index in [1.807, 2.05) is 0 Å². The number of aliphatic hydroxyl groups excluding tert-OH is 14. The van der Waals surface area contributed by atoms with Gasteiger partial charge < -0.3 is 171 Å². The third-order valence-corrected chi connectivity index (χ3v) is 15.3. The van der Waals surface area contributed by atoms with Crippen LogP contribution in [-0.2, 0) is 47.4 Å². The molecule has 0 spiro atoms. The van der Waals surface area contributed by atoms with Crippen LogP contribution in [0.3, 0.4) is 0 Å². The predicted molar refractivity (Wildman–Crippen MR) is 254 cm³/mol. The molecule has 33 atom stereocenters. The second kappa shape index (κ2) is 28.0. The van der Waals surface area contributed by atoms with Crippen LogP contribution in [0.15, 0.2) is 0 Å². The maximum Gasteiger partial charge on any atom is 0.249 e. The molecule has 5 heterocycles. The molecule has 7 rings (SSSR count). The molecule has 450 valence electrons. The zero-order chi connectivity index (χ0) is 57.1. The molecule has 32 N–H and O–H groups in total. The molecule has 2 saturated carbocycles. The molecular weight excluding hydrogens is 1040 g/mol. The molecule has 0 aromatic carbocycles. The number of rotatable bonds is 16. The lowest BCUT2D eigenvalue weighted by molar-refractivity contribution is -0.373. The molecule has 0 bridgehead atoms. The average molecular weight is 1130 g/mol. The predicted octanol–water partition coefficient (Wildman–Crippen LogP) is -15.4. The summed E-state index contributed by atoms with van der Waals surface area (Å²) in [6, 6.07) is -7.50. The molecule has 7 aliphatic rings. The van der Waals surface area contributed by atoms with Crippen LogP contribution in [0.2, 0.25) is 0 Å². The first kappa shape index (κ1) is 64.4. The molecule has 0 radical (unpaired) electrons. The summed E-state index contributed by atoms with van der Waals surface area (Å²) in [7, 11) is 1.55. The summed E-state index contributed by atoms with van der Waals surface area (Å²) in [6.07, 6.45) is -33.5. The molecule has 34 nitrogen and oxygen atoms in total. The van der Waals surface area contributed by atoms with Gasteiger partial charge in [0, 0.05) is 24.7 Å². The quantitative estimate of drug-likeness (QED) is 0.0682. The van der Waals surface area contributed by atoms with E-state index in [2.05, 4.69) is 10.6 Å². The van der Waals surface area contributed by atoms with Crippen LogP contribution in [0.5, 0.6) is 0 Å². The molecule has 0 aromatic heterocycles. The van der Waals surface area contributed by atoms with Gasteiger partial charge in [0.25, 0.3) is 0 Å². The molecular formula is C43H84N10O24. The summed E-state index contributed by atoms with van der Waals surface area (Å²) in [5.41, 5.74) is 47.0. The zero-order valence-corrected chi connectivity index (χ0v) is 42.2. The molecule has 0 unspecified atom stereocenters. The number of ether oxygens (including phenoxy) is 9. The normalized spacial score (nSPS) is 50.9. The molecule has 5 saturated heterocycles. The number of likely N-dealkylation sites (N-methyl/N-ethyl adjacent to an activating group) is 1. The molecule has 1 amide bonds. The number of carbonyl (C=O) groups is 1. The van der Waals surface area contributed by atoms with E-state index in [9.17, 15) is 76.3 Å². The van der Waals surface area contributed by atoms with Gasteiger partial charge in [-0.15, -0.1) is 0 Å². The average Bonchev–Trinajstić information content (AvgIpc) is 3.40. The molecule has 34 heteroatoms. The van der Waals surface area contributed by atoms with Gasteiger partial charge in [0.2, 0.25) is 5.91 Å². The number of nitrogens with one attached hydrogen (secondary N) is 2. The Labute approximate surface area is 441 Å². The number of nitrogens with two attached hydrogens (primary N) is 8. The highest BCUT2D eigenvalue weighted by Crippen LogP contribution is 2.37. The van der Waals surface area contributed by atoms with Crippen LogP contribution in [0.25, 0.3) is 0 Å². The van der Waals surface area contributed by atoms with Crippen molar-refractivity contribution in [2.75, 3.05) is 33.4 Å². The molecule has 0 aromatic rings. The highest BCUT2D eigenvalue weighted by molar-refractivity contribution is 5.80. The Morgan fingerprint density at radius 1 is 0.519 bits per heavy atom. The van der Waals surface area contributed by atoms with Crippen molar-refractivity contribution in [3.63, 3.8) is 0 Å². The Morgan fingerprint density at radius 3 is 1.70 bits per heavy atom. The van der Waals surface area contributed by atoms with E-state index in [-0.39, 0.29) is 38.8 Å². The van der Waals surface area contributed by atoms with Gasteiger partial charge in [-0.3, -0.25) is 4.79 Å². The van der Waals surface area contributed by atoms with E-state index in [0.717, 1.165) is 0 Å². The van der Waals surface area contributed by atoms with Gasteiger partial charge in [-0.2, -0.15) is 0 Å². The van der Waals surface area contributed by atoms with Crippen LogP contribution in [0, 0.1) is 0 Å². The molecule has 77 heavy (non-hydrogen) atoms. The van der Waals surface area contributed by atoms with Crippen molar-refractivity contribution < 1.29 is 119 Å². The minimum Gasteiger partial charge on any atom is -0.394 e. The van der Waals surface area contributed by atoms with Crippen molar-refractivity contribution in [2.45, 2.75) is 228 Å². The Morgan fingerprint density at radius 2 is 1.08 bits per heavy atom. The fourth-order valence-corrected chi connectivity index (χ4v) is 10.5. The van der Waals surface area contributed by atoms with E-state index >= 15 is 0 Å². The van der Waals surface area contributed by atoms with E-state index in [4.69, 9.17) is 88.5 Å². The fraction of sp³-hybridized carbons (Fsp3) is 0.977. The number of fused-ring (bicyclic) bond motifs is 1. The van der Waals surface area contributed by atoms with Crippen molar-refractivity contribution in [1.29, 1.82) is 0 Å². The second-order valence-corrected chi connectivity index (χ2v) is 20.6. The van der Waals surface area contributed by atoms with Gasteiger partial charge in [0.15, 0.2) is 31.5 Å². The fourth-order valence-electron chi connectivity index (χ4n) is 10.5. The molecule has 2 aliphatic carbocycles. The Balaban J connectivity index is 0.000000250. The van der Waals surface area contributed by atoms with Crippen molar-refractivity contribution in [1.82, 2.24) is 10.6 Å². The maximum atomic E-state index is 12.6. The summed E-state index contributed by atoms with van der Waals surface area (Å²) < 4.78 is 51.7. The van der Waals surface area contributed by atoms with Crippen molar-refractivity contribution in [2.24, 2.45) is 45.9 Å². The molecule has 5 aliphatic heterocycles. The number of aliphatic hydroxyl groups is 14. The monoisotopic (exact) mass is 1120 g/mol. The Bertz CT molecular complexity index is 1820. The van der Waals surface area contributed by atoms with E-state index in [1.54, 1.807) is 7.05 Å². The first-order valence-electron chi connectivity index (χ1n) is 25.5. The largest absolute Gasteiger partial charge is 0.394 e. The number of amides is 1. The van der Waals surface area contributed by atoms with Crippen molar-refractivity contribution >= 4 is 5.91 Å². The van der Waals surface area contributed by atoms with Gasteiger partial charge >= 0.3 is 0 Å². The van der Waals surface area contributed by atoms with E-state index in [0.29, 0.717) is 0 Å². The number of carbonyl (C=O) groups excluding carboxylic acids is 1. The minimum absolute atomic E-state index is 0.0101. The lowest BCUT2D eigenvalue weighted by atomic mass is 9.83. The van der Waals surface area contributed by atoms with Crippen LogP contribution in [-0.4, -0.2) is 313 Å². The third kappa shape index (κ3) is 14.2. The van der Waals surface area contributed by atoms with E-state index < -0.39 is 221 Å². The lowest BCUT2D eigenvalue weighted by Crippen LogP contribution is -2.70. The summed E-state index contributed by atoms with van der Waals surface area (Å²) in [6.45, 7) is -1.41. The Hall–Kier alpha value is -1.81. The third-order valence-electron chi connectivity index (χ3n) is 15.3. The summed E-state index contributed by atoms with van der Waals surface area (Å²) in [4.78, 5) is 12.6. The van der Waals surface area contributed by atoms with Crippen molar-refractivity contribution in [3.05, 3.63) is 0 Å². The van der Waals surface area contributed by atoms with Crippen molar-refractivity contribution in [3.8, 4) is 0 Å². The SMILES string of the molecule is CN[C@@H]1[C@@H](O[C@H]2O[C@H](CO)[C@@H](N)[C@H](O)[C@H]2O)O[C@H]2C[C@@H](N)[C@@H](O[C@H]3[C@H](O)[C@@H](O)[C@H](N)C[C@@H]3N)O[C@@H]2[C@@H]1O.NCC[C@H](O)C(=O)N[C@@H]1C[C@H](N)[C@@H](O[C@H]2O[C@H](CN)[C@@H](O)[C@H](O)[C@H]2O)[C@H](O)[C@H]1O[C@H]1O[C@H](CO)[C@@H](O)[C@H](N)[C@H]1O. The lowest BCUT2D eigenvalue weighted by Gasteiger charge is -2.51. The zero-order valence-electron chi connectivity index (χ0n) is 42.2. The maximum absolute atomic E-state index is 12.6. The minimum atomic E-state index is -1.76. The smallest absolute Gasteiger partial charge is 0.249 e. The van der Waals surface area contributed by atoms with Crippen LogP contribution in [0.4, 0.5) is 0 Å². The van der Waals surface area contributed by atoms with Crippen LogP contribution in [0.1, 0.15) is 25.7 Å². The van der Waals surface area contributed by atoms with Crippen LogP contribution >= 0.6 is 0 Å². The van der Waals surface area contributed by atoms with Gasteiger partial charge in [-0.25, -0.2) is 0 Å². The van der Waals surface area contributed by atoms with Crippen LogP contribution < -0.4 is 56.5 Å². The van der Waals surface area contributed by atoms with Gasteiger partial charge in [-0.1, -0.05) is 0 Å². The summed E-state index contributed by atoms with van der Waals surface area (Å²) in [5.74, 6) is -0.845. The van der Waals surface area contributed by atoms with Gasteiger partial charge in [-0.05, 0) is 39.3 Å². The number of hydrogen-bond acceptors (Lipinski definition) is 33. The highest BCUT2D eigenvalue weighted by Gasteiger charge is 2.56. The summed E-state index contributed by atoms with van der Waals surface area (Å²) >= 11 is 0. The standard InChI is InChI=1S/C22H43N5O13.C21H41N5O11/c23-2-1-8(29)20(36)27-7-3-6(25)18(39-22-16(34)15(33)13(31)9(4-24)37-22)17(35)19(7)40-21-14(32)11(26)12(30)10(5-28)38-21;1-26-11-14(30)18-8(33-20(11)37-21-16(32)13(29)10(25)9(4-27)34-21)3-7(24)19(36-18)35-17-6(23)2-5(22)12(28)15(17)31/h6-19,21-22,28-35H,1-5,23-26H2,(H,27,36);5-21,26-32H,2-4,22-25H2,1H3/t6-,7+,8-,9+,10+,11-,12+,13+,14+,15-,16+,17-,18+,19-,21+,22+;5-,6+,7-,8+,9-,10-,11+,12+,13+,14-,15-,16-,17-,18+,19+,20-,21-/m01/s1. The first-order chi connectivity index (χ1) is 36.3. The second-order valence-electron chi connectivity index (χ2n) is 20.6. The summed E-state index contributed by atoms with van der Waals surface area (Å²) in [5, 5.41) is 150. The van der Waals surface area contributed by atoms with Gasteiger partial charge in [0.1, 0.15) is 110 Å². The Kier molecular flexibility index (Phi) is 23.4. The number of hydrogen-bond donors (Lipinski definition) is 24. The topological polar surface area (TPSA) is 616 Å².